The van der Waals surface area contributed by atoms with Gasteiger partial charge in [0.2, 0.25) is 5.95 Å². The van der Waals surface area contributed by atoms with Crippen LogP contribution in [0.2, 0.25) is 0 Å². The van der Waals surface area contributed by atoms with Crippen LogP contribution >= 0.6 is 11.8 Å². The standard InChI is InChI=1S/C21H27F3N4O2S/c1-13(2)17-10-27(16-5-4-14(11-29)18(8-16)31-3)6-7-28(17)20-25-9-15(12-30)19(26-20)21(22,23)24/h4-5,8-9,13,17,29-30H,6-7,10-12H2,1-3H3. The number of aliphatic hydroxyl groups excluding tert-OH is 2. The zero-order valence-electron chi connectivity index (χ0n) is 17.7. The van der Waals surface area contributed by atoms with E-state index >= 15 is 0 Å². The Morgan fingerprint density at radius 2 is 1.87 bits per heavy atom. The predicted octanol–water partition coefficient (Wildman–Crippen LogP) is 3.55. The third-order valence-electron chi connectivity index (χ3n) is 5.54. The van der Waals surface area contributed by atoms with Crippen molar-refractivity contribution in [2.24, 2.45) is 5.92 Å². The summed E-state index contributed by atoms with van der Waals surface area (Å²) in [5, 5.41) is 18.7. The number of aliphatic hydroxyl groups is 2. The first-order chi connectivity index (χ1) is 14.7. The van der Waals surface area contributed by atoms with Crippen molar-refractivity contribution in [3.63, 3.8) is 0 Å². The second-order valence-electron chi connectivity index (χ2n) is 7.80. The molecule has 170 valence electrons. The fourth-order valence-electron chi connectivity index (χ4n) is 3.82. The first kappa shape index (κ1) is 23.6. The van der Waals surface area contributed by atoms with Crippen LogP contribution in [-0.2, 0) is 19.4 Å². The molecule has 0 amide bonds. The number of hydrogen-bond acceptors (Lipinski definition) is 7. The molecule has 2 heterocycles. The maximum Gasteiger partial charge on any atom is 0.433 e. The highest BCUT2D eigenvalue weighted by Crippen LogP contribution is 2.33. The highest BCUT2D eigenvalue weighted by Gasteiger charge is 2.38. The monoisotopic (exact) mass is 456 g/mol. The lowest BCUT2D eigenvalue weighted by Gasteiger charge is -2.44. The second-order valence-corrected chi connectivity index (χ2v) is 8.65. The molecule has 0 radical (unpaired) electrons. The molecular weight excluding hydrogens is 429 g/mol. The lowest BCUT2D eigenvalue weighted by molar-refractivity contribution is -0.142. The van der Waals surface area contributed by atoms with Gasteiger partial charge in [-0.3, -0.25) is 0 Å². The summed E-state index contributed by atoms with van der Waals surface area (Å²) in [5.41, 5.74) is 0.463. The first-order valence-corrected chi connectivity index (χ1v) is 11.2. The van der Waals surface area contributed by atoms with Crippen LogP contribution in [0.4, 0.5) is 24.8 Å². The number of halogens is 3. The van der Waals surface area contributed by atoms with Crippen LogP contribution in [0.5, 0.6) is 0 Å². The topological polar surface area (TPSA) is 72.7 Å². The SMILES string of the molecule is CSc1cc(N2CCN(c3ncc(CO)c(C(F)(F)F)n3)C(C(C)C)C2)ccc1CO. The maximum atomic E-state index is 13.4. The van der Waals surface area contributed by atoms with Crippen LogP contribution in [0, 0.1) is 5.92 Å². The summed E-state index contributed by atoms with van der Waals surface area (Å²) in [6.07, 6.45) is -1.64. The van der Waals surface area contributed by atoms with Crippen LogP contribution < -0.4 is 9.80 Å². The van der Waals surface area contributed by atoms with Gasteiger partial charge in [-0.15, -0.1) is 11.8 Å². The van der Waals surface area contributed by atoms with E-state index in [2.05, 4.69) is 14.9 Å². The maximum absolute atomic E-state index is 13.4. The fraction of sp³-hybridized carbons (Fsp3) is 0.524. The van der Waals surface area contributed by atoms with Crippen molar-refractivity contribution >= 4 is 23.4 Å². The number of nitrogens with zero attached hydrogens (tertiary/aromatic N) is 4. The summed E-state index contributed by atoms with van der Waals surface area (Å²) in [7, 11) is 0. The van der Waals surface area contributed by atoms with Gasteiger partial charge in [0, 0.05) is 42.0 Å². The summed E-state index contributed by atoms with van der Waals surface area (Å²) in [6, 6.07) is 5.82. The smallest absolute Gasteiger partial charge is 0.392 e. The molecule has 2 N–H and O–H groups in total. The number of aromatic nitrogens is 2. The van der Waals surface area contributed by atoms with E-state index in [0.717, 1.165) is 22.3 Å². The molecule has 6 nitrogen and oxygen atoms in total. The van der Waals surface area contributed by atoms with Crippen LogP contribution in [0.3, 0.4) is 0 Å². The van der Waals surface area contributed by atoms with Gasteiger partial charge in [0.15, 0.2) is 5.69 Å². The lowest BCUT2D eigenvalue weighted by Crippen LogP contribution is -2.56. The average molecular weight is 457 g/mol. The number of benzene rings is 1. The Morgan fingerprint density at radius 1 is 1.16 bits per heavy atom. The average Bonchev–Trinajstić information content (AvgIpc) is 2.77. The summed E-state index contributed by atoms with van der Waals surface area (Å²) >= 11 is 1.57. The molecule has 3 rings (SSSR count). The molecule has 0 bridgehead atoms. The quantitative estimate of drug-likeness (QED) is 0.644. The van der Waals surface area contributed by atoms with E-state index in [-0.39, 0.29) is 30.1 Å². The van der Waals surface area contributed by atoms with Crippen molar-refractivity contribution in [2.75, 3.05) is 35.7 Å². The molecule has 1 atom stereocenters. The Bertz CT molecular complexity index is 911. The molecular formula is C21H27F3N4O2S. The van der Waals surface area contributed by atoms with Crippen molar-refractivity contribution in [2.45, 2.75) is 44.2 Å². The van der Waals surface area contributed by atoms with Gasteiger partial charge >= 0.3 is 6.18 Å². The van der Waals surface area contributed by atoms with E-state index in [0.29, 0.717) is 19.6 Å². The second kappa shape index (κ2) is 9.62. The van der Waals surface area contributed by atoms with Crippen LogP contribution in [0.15, 0.2) is 29.3 Å². The molecule has 0 spiro atoms. The lowest BCUT2D eigenvalue weighted by atomic mass is 9.99. The number of rotatable bonds is 6. The third kappa shape index (κ3) is 5.07. The van der Waals surface area contributed by atoms with E-state index in [1.54, 1.807) is 11.8 Å². The number of hydrogen-bond donors (Lipinski definition) is 2. The number of alkyl halides is 3. The van der Waals surface area contributed by atoms with Crippen molar-refractivity contribution in [1.29, 1.82) is 0 Å². The normalized spacial score (nSPS) is 17.5. The number of anilines is 2. The van der Waals surface area contributed by atoms with E-state index in [1.165, 1.54) is 0 Å². The molecule has 1 aromatic heterocycles. The fourth-order valence-corrected chi connectivity index (χ4v) is 4.45. The Hall–Kier alpha value is -2.04. The van der Waals surface area contributed by atoms with Gasteiger partial charge < -0.3 is 20.0 Å². The van der Waals surface area contributed by atoms with Crippen molar-refractivity contribution in [3.05, 3.63) is 41.2 Å². The van der Waals surface area contributed by atoms with Gasteiger partial charge in [0.1, 0.15) is 0 Å². The molecule has 2 aromatic rings. The van der Waals surface area contributed by atoms with Crippen LogP contribution in [-0.4, -0.2) is 52.1 Å². The molecule has 1 aliphatic rings. The molecule has 1 aliphatic heterocycles. The minimum absolute atomic E-state index is 0.0262. The molecule has 10 heteroatoms. The summed E-state index contributed by atoms with van der Waals surface area (Å²) in [4.78, 5) is 13.0. The van der Waals surface area contributed by atoms with Crippen molar-refractivity contribution in [1.82, 2.24) is 9.97 Å². The Kier molecular flexibility index (Phi) is 7.33. The van der Waals surface area contributed by atoms with Crippen molar-refractivity contribution < 1.29 is 23.4 Å². The number of thioether (sulfide) groups is 1. The van der Waals surface area contributed by atoms with E-state index < -0.39 is 18.5 Å². The van der Waals surface area contributed by atoms with E-state index in [1.807, 2.05) is 43.2 Å². The highest BCUT2D eigenvalue weighted by atomic mass is 32.2. The van der Waals surface area contributed by atoms with Crippen molar-refractivity contribution in [3.8, 4) is 0 Å². The van der Waals surface area contributed by atoms with Gasteiger partial charge in [-0.05, 0) is 29.9 Å². The van der Waals surface area contributed by atoms with Gasteiger partial charge in [0.05, 0.1) is 19.3 Å². The largest absolute Gasteiger partial charge is 0.433 e. The minimum Gasteiger partial charge on any atom is -0.392 e. The molecule has 0 aliphatic carbocycles. The Labute approximate surface area is 184 Å². The van der Waals surface area contributed by atoms with E-state index in [4.69, 9.17) is 0 Å². The van der Waals surface area contributed by atoms with Crippen LogP contribution in [0.1, 0.15) is 30.7 Å². The highest BCUT2D eigenvalue weighted by molar-refractivity contribution is 7.98. The van der Waals surface area contributed by atoms with Gasteiger partial charge in [-0.25, -0.2) is 9.97 Å². The number of piperazine rings is 1. The van der Waals surface area contributed by atoms with E-state index in [9.17, 15) is 23.4 Å². The zero-order chi connectivity index (χ0) is 22.8. The van der Waals surface area contributed by atoms with Crippen LogP contribution in [0.25, 0.3) is 0 Å². The third-order valence-corrected chi connectivity index (χ3v) is 6.36. The van der Waals surface area contributed by atoms with Gasteiger partial charge in [-0.2, -0.15) is 13.2 Å². The summed E-state index contributed by atoms with van der Waals surface area (Å²) < 4.78 is 40.2. The molecule has 1 saturated heterocycles. The first-order valence-electron chi connectivity index (χ1n) is 10.0. The van der Waals surface area contributed by atoms with Gasteiger partial charge in [0.25, 0.3) is 0 Å². The summed E-state index contributed by atoms with van der Waals surface area (Å²) in [6.45, 7) is 4.93. The Morgan fingerprint density at radius 3 is 2.45 bits per heavy atom. The molecule has 0 saturated carbocycles. The minimum atomic E-state index is -4.66. The molecule has 1 aromatic carbocycles. The Balaban J connectivity index is 1.89. The molecule has 1 unspecified atom stereocenters. The summed E-state index contributed by atoms with van der Waals surface area (Å²) in [5.74, 6) is 0.179. The predicted molar refractivity (Wildman–Crippen MR) is 115 cm³/mol. The molecule has 31 heavy (non-hydrogen) atoms. The zero-order valence-corrected chi connectivity index (χ0v) is 18.5. The molecule has 1 fully saturated rings. The van der Waals surface area contributed by atoms with Gasteiger partial charge in [-0.1, -0.05) is 19.9 Å².